The molecule has 0 spiro atoms. The van der Waals surface area contributed by atoms with Gasteiger partial charge in [0.1, 0.15) is 12.4 Å². The van der Waals surface area contributed by atoms with Crippen LogP contribution in [0.4, 0.5) is 0 Å². The lowest BCUT2D eigenvalue weighted by Gasteiger charge is -2.14. The summed E-state index contributed by atoms with van der Waals surface area (Å²) in [6.45, 7) is 7.70. The summed E-state index contributed by atoms with van der Waals surface area (Å²) in [5.41, 5.74) is 3.38. The van der Waals surface area contributed by atoms with E-state index >= 15 is 0 Å². The molecule has 20 heavy (non-hydrogen) atoms. The Morgan fingerprint density at radius 1 is 1.30 bits per heavy atom. The van der Waals surface area contributed by atoms with Gasteiger partial charge in [0.25, 0.3) is 0 Å². The van der Waals surface area contributed by atoms with E-state index in [1.807, 2.05) is 25.4 Å². The molecule has 0 aliphatic rings. The highest BCUT2D eigenvalue weighted by Gasteiger charge is 2.06. The highest BCUT2D eigenvalue weighted by Crippen LogP contribution is 2.21. The van der Waals surface area contributed by atoms with Gasteiger partial charge < -0.3 is 10.1 Å². The van der Waals surface area contributed by atoms with Crippen molar-refractivity contribution in [1.82, 2.24) is 15.1 Å². The zero-order chi connectivity index (χ0) is 14.5. The summed E-state index contributed by atoms with van der Waals surface area (Å²) in [5.74, 6) is 0.925. The Bertz CT molecular complexity index is 561. The SMILES string of the molecule is Cc1ccc(OCc2ccn(C)n2)c(CNC(C)C)c1. The second kappa shape index (κ2) is 6.57. The van der Waals surface area contributed by atoms with Crippen molar-refractivity contribution in [3.63, 3.8) is 0 Å². The number of hydrogen-bond donors (Lipinski definition) is 1. The molecule has 0 fully saturated rings. The Kier molecular flexibility index (Phi) is 4.79. The van der Waals surface area contributed by atoms with Crippen molar-refractivity contribution in [2.45, 2.75) is 40.0 Å². The maximum Gasteiger partial charge on any atom is 0.132 e. The molecule has 2 aromatic rings. The molecule has 4 heteroatoms. The number of rotatable bonds is 6. The second-order valence-corrected chi connectivity index (χ2v) is 5.42. The smallest absolute Gasteiger partial charge is 0.132 e. The van der Waals surface area contributed by atoms with E-state index in [2.05, 4.69) is 43.3 Å². The molecule has 0 aliphatic heterocycles. The molecular formula is C16H23N3O. The Hall–Kier alpha value is -1.81. The zero-order valence-electron chi connectivity index (χ0n) is 12.7. The van der Waals surface area contributed by atoms with Crippen LogP contribution in [-0.4, -0.2) is 15.8 Å². The molecular weight excluding hydrogens is 250 g/mol. The minimum Gasteiger partial charge on any atom is -0.487 e. The number of benzene rings is 1. The van der Waals surface area contributed by atoms with Crippen LogP contribution in [0.15, 0.2) is 30.5 Å². The van der Waals surface area contributed by atoms with Crippen molar-refractivity contribution in [1.29, 1.82) is 0 Å². The molecule has 0 saturated heterocycles. The van der Waals surface area contributed by atoms with Crippen LogP contribution < -0.4 is 10.1 Å². The molecule has 1 aromatic carbocycles. The van der Waals surface area contributed by atoms with Crippen molar-refractivity contribution in [3.8, 4) is 5.75 Å². The van der Waals surface area contributed by atoms with E-state index in [0.29, 0.717) is 12.6 Å². The lowest BCUT2D eigenvalue weighted by Crippen LogP contribution is -2.22. The summed E-state index contributed by atoms with van der Waals surface area (Å²) in [7, 11) is 1.91. The van der Waals surface area contributed by atoms with Gasteiger partial charge in [0.05, 0.1) is 5.69 Å². The molecule has 2 rings (SSSR count). The van der Waals surface area contributed by atoms with Gasteiger partial charge in [-0.1, -0.05) is 31.5 Å². The van der Waals surface area contributed by atoms with Gasteiger partial charge in [0.15, 0.2) is 0 Å². The average molecular weight is 273 g/mol. The monoisotopic (exact) mass is 273 g/mol. The topological polar surface area (TPSA) is 39.1 Å². The fourth-order valence-electron chi connectivity index (χ4n) is 1.99. The molecule has 0 saturated carbocycles. The number of ether oxygens (including phenoxy) is 1. The average Bonchev–Trinajstić information content (AvgIpc) is 2.81. The summed E-state index contributed by atoms with van der Waals surface area (Å²) >= 11 is 0. The van der Waals surface area contributed by atoms with Gasteiger partial charge in [-0.2, -0.15) is 5.10 Å². The number of hydrogen-bond acceptors (Lipinski definition) is 3. The van der Waals surface area contributed by atoms with E-state index in [1.165, 1.54) is 11.1 Å². The van der Waals surface area contributed by atoms with E-state index in [-0.39, 0.29) is 0 Å². The van der Waals surface area contributed by atoms with Gasteiger partial charge in [-0.3, -0.25) is 4.68 Å². The highest BCUT2D eigenvalue weighted by molar-refractivity contribution is 5.37. The Labute approximate surface area is 120 Å². The summed E-state index contributed by atoms with van der Waals surface area (Å²) in [6.07, 6.45) is 1.93. The fraction of sp³-hybridized carbons (Fsp3) is 0.438. The van der Waals surface area contributed by atoms with Crippen molar-refractivity contribution >= 4 is 0 Å². The quantitative estimate of drug-likeness (QED) is 0.879. The van der Waals surface area contributed by atoms with Crippen molar-refractivity contribution < 1.29 is 4.74 Å². The molecule has 108 valence electrons. The molecule has 1 N–H and O–H groups in total. The Morgan fingerprint density at radius 2 is 2.10 bits per heavy atom. The molecule has 1 heterocycles. The standard InChI is InChI=1S/C16H23N3O/c1-12(2)17-10-14-9-13(3)5-6-16(14)20-11-15-7-8-19(4)18-15/h5-9,12,17H,10-11H2,1-4H3. The van der Waals surface area contributed by atoms with Gasteiger partial charge in [0, 0.05) is 31.4 Å². The lowest BCUT2D eigenvalue weighted by molar-refractivity contribution is 0.295. The Morgan fingerprint density at radius 3 is 2.75 bits per heavy atom. The third kappa shape index (κ3) is 4.10. The molecule has 1 aromatic heterocycles. The third-order valence-electron chi connectivity index (χ3n) is 3.06. The highest BCUT2D eigenvalue weighted by atomic mass is 16.5. The second-order valence-electron chi connectivity index (χ2n) is 5.42. The number of nitrogens with one attached hydrogen (secondary N) is 1. The predicted molar refractivity (Wildman–Crippen MR) is 80.7 cm³/mol. The van der Waals surface area contributed by atoms with Crippen LogP contribution in [0.25, 0.3) is 0 Å². The summed E-state index contributed by atoms with van der Waals surface area (Å²) in [6, 6.07) is 8.71. The maximum atomic E-state index is 5.91. The molecule has 0 aliphatic carbocycles. The largest absolute Gasteiger partial charge is 0.487 e. The summed E-state index contributed by atoms with van der Waals surface area (Å²) in [5, 5.41) is 7.76. The lowest BCUT2D eigenvalue weighted by atomic mass is 10.1. The number of aromatic nitrogens is 2. The number of nitrogens with zero attached hydrogens (tertiary/aromatic N) is 2. The normalized spacial score (nSPS) is 11.1. The zero-order valence-corrected chi connectivity index (χ0v) is 12.7. The summed E-state index contributed by atoms with van der Waals surface area (Å²) < 4.78 is 7.69. The van der Waals surface area contributed by atoms with Crippen molar-refractivity contribution in [2.24, 2.45) is 7.05 Å². The van der Waals surface area contributed by atoms with Crippen LogP contribution in [0.1, 0.15) is 30.7 Å². The van der Waals surface area contributed by atoms with Crippen LogP contribution >= 0.6 is 0 Å². The maximum absolute atomic E-state index is 5.91. The van der Waals surface area contributed by atoms with E-state index in [1.54, 1.807) is 4.68 Å². The van der Waals surface area contributed by atoms with Gasteiger partial charge in [0.2, 0.25) is 0 Å². The molecule has 0 radical (unpaired) electrons. The minimum absolute atomic E-state index is 0.458. The molecule has 0 amide bonds. The molecule has 0 unspecified atom stereocenters. The van der Waals surface area contributed by atoms with Gasteiger partial charge >= 0.3 is 0 Å². The van der Waals surface area contributed by atoms with Crippen LogP contribution in [0.3, 0.4) is 0 Å². The minimum atomic E-state index is 0.458. The number of aryl methyl sites for hydroxylation is 2. The first-order valence-corrected chi connectivity index (χ1v) is 6.99. The Balaban J connectivity index is 2.05. The first-order chi connectivity index (χ1) is 9.54. The molecule has 0 atom stereocenters. The first-order valence-electron chi connectivity index (χ1n) is 6.99. The van der Waals surface area contributed by atoms with Gasteiger partial charge in [-0.05, 0) is 19.1 Å². The van der Waals surface area contributed by atoms with Gasteiger partial charge in [-0.15, -0.1) is 0 Å². The third-order valence-corrected chi connectivity index (χ3v) is 3.06. The van der Waals surface area contributed by atoms with E-state index in [4.69, 9.17) is 4.74 Å². The van der Waals surface area contributed by atoms with E-state index < -0.39 is 0 Å². The van der Waals surface area contributed by atoms with E-state index in [0.717, 1.165) is 18.0 Å². The fourth-order valence-corrected chi connectivity index (χ4v) is 1.99. The predicted octanol–water partition coefficient (Wildman–Crippen LogP) is 2.81. The molecule has 4 nitrogen and oxygen atoms in total. The van der Waals surface area contributed by atoms with Crippen LogP contribution in [0, 0.1) is 6.92 Å². The van der Waals surface area contributed by atoms with Crippen LogP contribution in [-0.2, 0) is 20.2 Å². The first kappa shape index (κ1) is 14.6. The van der Waals surface area contributed by atoms with Crippen LogP contribution in [0.2, 0.25) is 0 Å². The van der Waals surface area contributed by atoms with E-state index in [9.17, 15) is 0 Å². The molecule has 0 bridgehead atoms. The van der Waals surface area contributed by atoms with Crippen molar-refractivity contribution in [2.75, 3.05) is 0 Å². The summed E-state index contributed by atoms with van der Waals surface area (Å²) in [4.78, 5) is 0. The van der Waals surface area contributed by atoms with Crippen LogP contribution in [0.5, 0.6) is 5.75 Å². The van der Waals surface area contributed by atoms with Crippen molar-refractivity contribution in [3.05, 3.63) is 47.3 Å². The van der Waals surface area contributed by atoms with Gasteiger partial charge in [-0.25, -0.2) is 0 Å².